The van der Waals surface area contributed by atoms with E-state index >= 15 is 0 Å². The van der Waals surface area contributed by atoms with Crippen LogP contribution < -0.4 is 4.74 Å². The number of benzene rings is 1. The number of rotatable bonds is 5. The fourth-order valence-corrected chi connectivity index (χ4v) is 1.91. The number of halogens is 2. The first kappa shape index (κ1) is 13.1. The van der Waals surface area contributed by atoms with Crippen molar-refractivity contribution in [2.45, 2.75) is 26.5 Å². The molecule has 0 aliphatic rings. The SMILES string of the molecule is CCCn1nnnc1COc1ccc(Cl)cc1Cl. The van der Waals surface area contributed by atoms with Crippen LogP contribution in [0.1, 0.15) is 19.2 Å². The molecule has 0 amide bonds. The van der Waals surface area contributed by atoms with Crippen LogP contribution in [0, 0.1) is 0 Å². The van der Waals surface area contributed by atoms with E-state index in [1.807, 2.05) is 0 Å². The van der Waals surface area contributed by atoms with Gasteiger partial charge in [-0.3, -0.25) is 0 Å². The fraction of sp³-hybridized carbons (Fsp3) is 0.364. The first-order valence-corrected chi connectivity index (χ1v) is 6.29. The molecule has 0 saturated heterocycles. The van der Waals surface area contributed by atoms with Crippen molar-refractivity contribution < 1.29 is 4.74 Å². The van der Waals surface area contributed by atoms with Crippen LogP contribution in [0.3, 0.4) is 0 Å². The maximum atomic E-state index is 6.00. The maximum absolute atomic E-state index is 6.00. The molecule has 0 radical (unpaired) electrons. The van der Waals surface area contributed by atoms with Gasteiger partial charge in [0, 0.05) is 11.6 Å². The summed E-state index contributed by atoms with van der Waals surface area (Å²) in [4.78, 5) is 0. The van der Waals surface area contributed by atoms with Crippen LogP contribution >= 0.6 is 23.2 Å². The predicted octanol–water partition coefficient (Wildman–Crippen LogP) is 2.97. The molecule has 0 spiro atoms. The number of aryl methyl sites for hydroxylation is 1. The van der Waals surface area contributed by atoms with Gasteiger partial charge in [-0.25, -0.2) is 4.68 Å². The Morgan fingerprint density at radius 2 is 2.17 bits per heavy atom. The average molecular weight is 287 g/mol. The number of nitrogens with zero attached hydrogens (tertiary/aromatic N) is 4. The summed E-state index contributed by atoms with van der Waals surface area (Å²) in [6, 6.07) is 5.07. The molecule has 1 aromatic heterocycles. The van der Waals surface area contributed by atoms with E-state index in [2.05, 4.69) is 22.4 Å². The van der Waals surface area contributed by atoms with Gasteiger partial charge in [0.05, 0.1) is 5.02 Å². The predicted molar refractivity (Wildman–Crippen MR) is 68.9 cm³/mol. The molecule has 0 unspecified atom stereocenters. The van der Waals surface area contributed by atoms with Crippen LogP contribution in [0.2, 0.25) is 10.0 Å². The average Bonchev–Trinajstić information content (AvgIpc) is 2.76. The summed E-state index contributed by atoms with van der Waals surface area (Å²) in [6.45, 7) is 3.09. The molecule has 0 bridgehead atoms. The third-order valence-corrected chi connectivity index (χ3v) is 2.82. The number of hydrogen-bond donors (Lipinski definition) is 0. The number of hydrogen-bond acceptors (Lipinski definition) is 4. The third kappa shape index (κ3) is 3.11. The molecule has 0 fully saturated rings. The maximum Gasteiger partial charge on any atom is 0.189 e. The lowest BCUT2D eigenvalue weighted by Gasteiger charge is -2.08. The Balaban J connectivity index is 2.04. The summed E-state index contributed by atoms with van der Waals surface area (Å²) < 4.78 is 7.28. The molecule has 2 rings (SSSR count). The zero-order valence-corrected chi connectivity index (χ0v) is 11.3. The van der Waals surface area contributed by atoms with Crippen molar-refractivity contribution >= 4 is 23.2 Å². The lowest BCUT2D eigenvalue weighted by Crippen LogP contribution is -2.08. The molecule has 0 N–H and O–H groups in total. The highest BCUT2D eigenvalue weighted by molar-refractivity contribution is 6.35. The van der Waals surface area contributed by atoms with Crippen molar-refractivity contribution in [3.63, 3.8) is 0 Å². The third-order valence-electron chi connectivity index (χ3n) is 2.29. The number of tetrazole rings is 1. The normalized spacial score (nSPS) is 10.6. The molecule has 0 atom stereocenters. The number of ether oxygens (including phenoxy) is 1. The van der Waals surface area contributed by atoms with E-state index in [1.54, 1.807) is 22.9 Å². The minimum absolute atomic E-state index is 0.272. The van der Waals surface area contributed by atoms with E-state index in [4.69, 9.17) is 27.9 Å². The second kappa shape index (κ2) is 6.02. The van der Waals surface area contributed by atoms with Gasteiger partial charge < -0.3 is 4.74 Å². The molecular formula is C11H12Cl2N4O. The Hall–Kier alpha value is -1.33. The summed E-state index contributed by atoms with van der Waals surface area (Å²) in [7, 11) is 0. The second-order valence-electron chi connectivity index (χ2n) is 3.68. The Labute approximate surface area is 115 Å². The molecule has 7 heteroatoms. The smallest absolute Gasteiger partial charge is 0.189 e. The van der Waals surface area contributed by atoms with Crippen molar-refractivity contribution in [1.82, 2.24) is 20.2 Å². The lowest BCUT2D eigenvalue weighted by molar-refractivity contribution is 0.286. The molecule has 1 aromatic carbocycles. The molecule has 0 saturated carbocycles. The Kier molecular flexibility index (Phi) is 4.38. The summed E-state index contributed by atoms with van der Waals surface area (Å²) >= 11 is 11.8. The van der Waals surface area contributed by atoms with Gasteiger partial charge >= 0.3 is 0 Å². The van der Waals surface area contributed by atoms with Gasteiger partial charge in [0.2, 0.25) is 0 Å². The van der Waals surface area contributed by atoms with E-state index < -0.39 is 0 Å². The van der Waals surface area contributed by atoms with E-state index in [0.29, 0.717) is 21.6 Å². The Bertz CT molecular complexity index is 530. The van der Waals surface area contributed by atoms with Crippen LogP contribution in [0.25, 0.3) is 0 Å². The van der Waals surface area contributed by atoms with Gasteiger partial charge in [0.25, 0.3) is 0 Å². The van der Waals surface area contributed by atoms with Crippen LogP contribution in [-0.2, 0) is 13.2 Å². The Morgan fingerprint density at radius 1 is 1.33 bits per heavy atom. The van der Waals surface area contributed by atoms with Gasteiger partial charge in [0.1, 0.15) is 12.4 Å². The van der Waals surface area contributed by atoms with Crippen molar-refractivity contribution in [3.05, 3.63) is 34.1 Å². The first-order valence-electron chi connectivity index (χ1n) is 5.53. The highest BCUT2D eigenvalue weighted by Crippen LogP contribution is 2.27. The molecule has 1 heterocycles. The zero-order valence-electron chi connectivity index (χ0n) is 9.81. The topological polar surface area (TPSA) is 52.8 Å². The van der Waals surface area contributed by atoms with Crippen LogP contribution in [0.5, 0.6) is 5.75 Å². The summed E-state index contributed by atoms with van der Waals surface area (Å²) in [5.41, 5.74) is 0. The molecular weight excluding hydrogens is 275 g/mol. The molecule has 2 aromatic rings. The zero-order chi connectivity index (χ0) is 13.0. The van der Waals surface area contributed by atoms with Crippen LogP contribution in [0.15, 0.2) is 18.2 Å². The monoisotopic (exact) mass is 286 g/mol. The summed E-state index contributed by atoms with van der Waals surface area (Å²) in [6.07, 6.45) is 0.958. The Morgan fingerprint density at radius 3 is 2.89 bits per heavy atom. The standard InChI is InChI=1S/C11H12Cl2N4O/c1-2-5-17-11(14-15-16-17)7-18-10-4-3-8(12)6-9(10)13/h3-4,6H,2,5,7H2,1H3. The highest BCUT2D eigenvalue weighted by atomic mass is 35.5. The van der Waals surface area contributed by atoms with Crippen LogP contribution in [-0.4, -0.2) is 20.2 Å². The van der Waals surface area contributed by atoms with Gasteiger partial charge in [-0.1, -0.05) is 30.1 Å². The molecule has 18 heavy (non-hydrogen) atoms. The van der Waals surface area contributed by atoms with Gasteiger partial charge in [-0.05, 0) is 35.0 Å². The minimum Gasteiger partial charge on any atom is -0.484 e. The molecule has 5 nitrogen and oxygen atoms in total. The molecule has 96 valence electrons. The van der Waals surface area contributed by atoms with Crippen molar-refractivity contribution in [1.29, 1.82) is 0 Å². The molecule has 0 aliphatic heterocycles. The fourth-order valence-electron chi connectivity index (χ4n) is 1.45. The second-order valence-corrected chi connectivity index (χ2v) is 4.53. The van der Waals surface area contributed by atoms with E-state index in [-0.39, 0.29) is 6.61 Å². The van der Waals surface area contributed by atoms with Gasteiger partial charge in [0.15, 0.2) is 5.82 Å². The molecule has 0 aliphatic carbocycles. The van der Waals surface area contributed by atoms with Crippen LogP contribution in [0.4, 0.5) is 0 Å². The van der Waals surface area contributed by atoms with Crippen molar-refractivity contribution in [2.75, 3.05) is 0 Å². The van der Waals surface area contributed by atoms with E-state index in [0.717, 1.165) is 13.0 Å². The van der Waals surface area contributed by atoms with E-state index in [9.17, 15) is 0 Å². The quantitative estimate of drug-likeness (QED) is 0.848. The minimum atomic E-state index is 0.272. The lowest BCUT2D eigenvalue weighted by atomic mass is 10.3. The van der Waals surface area contributed by atoms with E-state index in [1.165, 1.54) is 0 Å². The summed E-state index contributed by atoms with van der Waals surface area (Å²) in [5.74, 6) is 1.23. The van der Waals surface area contributed by atoms with Gasteiger partial charge in [-0.2, -0.15) is 0 Å². The largest absolute Gasteiger partial charge is 0.484 e. The van der Waals surface area contributed by atoms with Crippen molar-refractivity contribution in [3.8, 4) is 5.75 Å². The highest BCUT2D eigenvalue weighted by Gasteiger charge is 2.08. The first-order chi connectivity index (χ1) is 8.70. The number of aromatic nitrogens is 4. The summed E-state index contributed by atoms with van der Waals surface area (Å²) in [5, 5.41) is 12.4. The van der Waals surface area contributed by atoms with Gasteiger partial charge in [-0.15, -0.1) is 5.10 Å². The van der Waals surface area contributed by atoms with Crippen molar-refractivity contribution in [2.24, 2.45) is 0 Å².